The van der Waals surface area contributed by atoms with E-state index < -0.39 is 4.92 Å². The highest BCUT2D eigenvalue weighted by molar-refractivity contribution is 5.97. The van der Waals surface area contributed by atoms with Crippen molar-refractivity contribution in [3.8, 4) is 0 Å². The molecule has 2 fully saturated rings. The molecular weight excluding hydrogens is 286 g/mol. The van der Waals surface area contributed by atoms with Crippen molar-refractivity contribution in [1.82, 2.24) is 20.4 Å². The quantitative estimate of drug-likeness (QED) is 0.643. The number of hydrogen-bond acceptors (Lipinski definition) is 5. The zero-order chi connectivity index (χ0) is 15.7. The molecule has 0 aromatic carbocycles. The van der Waals surface area contributed by atoms with E-state index in [1.165, 1.54) is 0 Å². The van der Waals surface area contributed by atoms with Gasteiger partial charge in [-0.3, -0.25) is 20.0 Å². The molecule has 1 aromatic rings. The molecule has 2 aliphatic heterocycles. The number of nitrogens with zero attached hydrogens (tertiary/aromatic N) is 3. The highest BCUT2D eigenvalue weighted by Gasteiger charge is 2.42. The predicted molar refractivity (Wildman–Crippen MR) is 79.7 cm³/mol. The van der Waals surface area contributed by atoms with Crippen LogP contribution < -0.4 is 5.32 Å². The molecule has 0 spiro atoms. The summed E-state index contributed by atoms with van der Waals surface area (Å²) in [5.41, 5.74) is 0.256. The van der Waals surface area contributed by atoms with Crippen molar-refractivity contribution in [2.45, 2.75) is 51.1 Å². The van der Waals surface area contributed by atoms with E-state index in [-0.39, 0.29) is 29.4 Å². The first-order chi connectivity index (χ1) is 10.6. The number of aryl methyl sites for hydroxylation is 1. The largest absolute Gasteiger partial charge is 0.330 e. The van der Waals surface area contributed by atoms with Crippen LogP contribution in [0.15, 0.2) is 0 Å². The van der Waals surface area contributed by atoms with E-state index in [9.17, 15) is 14.9 Å². The van der Waals surface area contributed by atoms with E-state index >= 15 is 0 Å². The molecule has 8 heteroatoms. The Morgan fingerprint density at radius 3 is 2.91 bits per heavy atom. The molecule has 0 radical (unpaired) electrons. The second kappa shape index (κ2) is 6.04. The maximum atomic E-state index is 12.9. The third-order valence-corrected chi connectivity index (χ3v) is 4.59. The Morgan fingerprint density at radius 1 is 1.41 bits per heavy atom. The highest BCUT2D eigenvalue weighted by atomic mass is 16.6. The van der Waals surface area contributed by atoms with Crippen molar-refractivity contribution < 1.29 is 9.72 Å². The van der Waals surface area contributed by atoms with Crippen LogP contribution in [0.1, 0.15) is 48.8 Å². The van der Waals surface area contributed by atoms with Gasteiger partial charge in [-0.15, -0.1) is 0 Å². The molecule has 22 heavy (non-hydrogen) atoms. The van der Waals surface area contributed by atoms with Gasteiger partial charge in [-0.25, -0.2) is 0 Å². The second-order valence-corrected chi connectivity index (χ2v) is 6.00. The normalized spacial score (nSPS) is 24.3. The fourth-order valence-electron chi connectivity index (χ4n) is 3.58. The summed E-state index contributed by atoms with van der Waals surface area (Å²) in [4.78, 5) is 25.6. The van der Waals surface area contributed by atoms with Crippen molar-refractivity contribution in [2.75, 3.05) is 13.1 Å². The van der Waals surface area contributed by atoms with Gasteiger partial charge < -0.3 is 10.2 Å². The van der Waals surface area contributed by atoms with E-state index in [0.717, 1.165) is 38.8 Å². The van der Waals surface area contributed by atoms with Crippen LogP contribution in [0.2, 0.25) is 0 Å². The smallest absolute Gasteiger partial charge is 0.322 e. The van der Waals surface area contributed by atoms with Crippen LogP contribution in [0.3, 0.4) is 0 Å². The van der Waals surface area contributed by atoms with Gasteiger partial charge in [-0.1, -0.05) is 13.3 Å². The monoisotopic (exact) mass is 307 g/mol. The van der Waals surface area contributed by atoms with Crippen LogP contribution >= 0.6 is 0 Å². The first-order valence-corrected chi connectivity index (χ1v) is 7.88. The lowest BCUT2D eigenvalue weighted by Crippen LogP contribution is -2.42. The topological polar surface area (TPSA) is 104 Å². The third kappa shape index (κ3) is 2.47. The van der Waals surface area contributed by atoms with E-state index in [1.807, 2.05) is 11.8 Å². The van der Waals surface area contributed by atoms with Gasteiger partial charge in [0.1, 0.15) is 5.69 Å². The molecule has 2 aliphatic rings. The van der Waals surface area contributed by atoms with E-state index in [4.69, 9.17) is 0 Å². The van der Waals surface area contributed by atoms with E-state index in [0.29, 0.717) is 12.1 Å². The molecule has 2 unspecified atom stereocenters. The minimum Gasteiger partial charge on any atom is -0.330 e. The molecule has 3 heterocycles. The van der Waals surface area contributed by atoms with Crippen LogP contribution in [0, 0.1) is 10.1 Å². The Balaban J connectivity index is 1.93. The van der Waals surface area contributed by atoms with Crippen LogP contribution in [-0.4, -0.2) is 51.1 Å². The third-order valence-electron chi connectivity index (χ3n) is 4.59. The Kier molecular flexibility index (Phi) is 4.10. The summed E-state index contributed by atoms with van der Waals surface area (Å²) in [6.07, 6.45) is 4.09. The van der Waals surface area contributed by atoms with Gasteiger partial charge in [0.05, 0.1) is 4.92 Å². The summed E-state index contributed by atoms with van der Waals surface area (Å²) >= 11 is 0. The Bertz CT molecular complexity index is 571. The average molecular weight is 307 g/mol. The van der Waals surface area contributed by atoms with Gasteiger partial charge in [0, 0.05) is 18.6 Å². The summed E-state index contributed by atoms with van der Waals surface area (Å²) < 4.78 is 0. The number of nitro groups is 1. The van der Waals surface area contributed by atoms with Crippen molar-refractivity contribution in [1.29, 1.82) is 0 Å². The van der Waals surface area contributed by atoms with Crippen molar-refractivity contribution in [2.24, 2.45) is 0 Å². The Hall–Kier alpha value is -1.96. The molecule has 0 saturated carbocycles. The second-order valence-electron chi connectivity index (χ2n) is 6.00. The number of H-pyrrole nitrogens is 1. The summed E-state index contributed by atoms with van der Waals surface area (Å²) in [5, 5.41) is 21.4. The number of amides is 1. The first-order valence-electron chi connectivity index (χ1n) is 7.88. The molecule has 0 aliphatic carbocycles. The van der Waals surface area contributed by atoms with Gasteiger partial charge >= 0.3 is 5.69 Å². The molecule has 8 nitrogen and oxygen atoms in total. The van der Waals surface area contributed by atoms with Crippen LogP contribution in [-0.2, 0) is 6.42 Å². The zero-order valence-corrected chi connectivity index (χ0v) is 12.7. The molecule has 2 bridgehead atoms. The van der Waals surface area contributed by atoms with Gasteiger partial charge in [-0.2, -0.15) is 5.10 Å². The molecular formula is C14H21N5O3. The molecule has 1 aromatic heterocycles. The number of hydrogen-bond donors (Lipinski definition) is 2. The molecule has 3 rings (SSSR count). The lowest BCUT2D eigenvalue weighted by atomic mass is 10.1. The maximum absolute atomic E-state index is 12.9. The van der Waals surface area contributed by atoms with E-state index in [2.05, 4.69) is 15.5 Å². The summed E-state index contributed by atoms with van der Waals surface area (Å²) in [6.45, 7) is 3.57. The van der Waals surface area contributed by atoms with Crippen molar-refractivity contribution in [3.63, 3.8) is 0 Å². The van der Waals surface area contributed by atoms with Gasteiger partial charge in [0.25, 0.3) is 5.91 Å². The van der Waals surface area contributed by atoms with Crippen LogP contribution in [0.25, 0.3) is 0 Å². The molecule has 2 N–H and O–H groups in total. The minimum absolute atomic E-state index is 0.0350. The fraction of sp³-hybridized carbons (Fsp3) is 0.714. The zero-order valence-electron chi connectivity index (χ0n) is 12.7. The number of fused-ring (bicyclic) bond motifs is 2. The lowest BCUT2D eigenvalue weighted by molar-refractivity contribution is -0.385. The Labute approximate surface area is 128 Å². The lowest BCUT2D eigenvalue weighted by Gasteiger charge is -2.26. The highest BCUT2D eigenvalue weighted by Crippen LogP contribution is 2.32. The van der Waals surface area contributed by atoms with Gasteiger partial charge in [0.2, 0.25) is 5.69 Å². The molecule has 2 atom stereocenters. The average Bonchev–Trinajstić information content (AvgIpc) is 2.99. The fourth-order valence-corrected chi connectivity index (χ4v) is 3.58. The number of nitrogens with one attached hydrogen (secondary N) is 2. The standard InChI is InChI=1S/C14H21N5O3/c1-2-3-11-13(19(21)22)12(17-16-11)14(20)18-9-4-5-10(18)8-15-7-6-9/h9-10,15H,2-8H2,1H3,(H,16,17). The number of aromatic nitrogens is 2. The van der Waals surface area contributed by atoms with E-state index in [1.54, 1.807) is 0 Å². The SMILES string of the molecule is CCCc1[nH]nc(C(=O)N2C3CCNCC2CC3)c1[N+](=O)[O-]. The number of carbonyl (C=O) groups excluding carboxylic acids is 1. The first kappa shape index (κ1) is 15.0. The summed E-state index contributed by atoms with van der Waals surface area (Å²) in [7, 11) is 0. The Morgan fingerprint density at radius 2 is 2.18 bits per heavy atom. The molecule has 1 amide bonds. The van der Waals surface area contributed by atoms with Gasteiger partial charge in [0.15, 0.2) is 0 Å². The van der Waals surface area contributed by atoms with Crippen LogP contribution in [0.4, 0.5) is 5.69 Å². The van der Waals surface area contributed by atoms with Crippen molar-refractivity contribution in [3.05, 3.63) is 21.5 Å². The molecule has 120 valence electrons. The minimum atomic E-state index is -0.486. The summed E-state index contributed by atoms with van der Waals surface area (Å²) in [5.74, 6) is -0.304. The van der Waals surface area contributed by atoms with Gasteiger partial charge in [-0.05, 0) is 32.2 Å². The summed E-state index contributed by atoms with van der Waals surface area (Å²) in [6, 6.07) is 0.282. The van der Waals surface area contributed by atoms with Crippen molar-refractivity contribution >= 4 is 11.6 Å². The molecule has 2 saturated heterocycles. The maximum Gasteiger partial charge on any atom is 0.322 e. The van der Waals surface area contributed by atoms with Crippen LogP contribution in [0.5, 0.6) is 0 Å². The predicted octanol–water partition coefficient (Wildman–Crippen LogP) is 1.24. The number of aromatic amines is 1. The number of carbonyl (C=O) groups is 1. The number of rotatable bonds is 4.